The molecule has 0 aliphatic heterocycles. The van der Waals surface area contributed by atoms with Crippen molar-refractivity contribution >= 4 is 33.3 Å². The minimum Gasteiger partial charge on any atom is -0.383 e. The predicted octanol–water partition coefficient (Wildman–Crippen LogP) is 4.02. The first-order valence-electron chi connectivity index (χ1n) is 5.76. The molecule has 0 saturated carbocycles. The van der Waals surface area contributed by atoms with Crippen molar-refractivity contribution in [2.75, 3.05) is 0 Å². The molecule has 98 valence electrons. The van der Waals surface area contributed by atoms with Gasteiger partial charge in [-0.3, -0.25) is 4.79 Å². The van der Waals surface area contributed by atoms with Crippen LogP contribution in [0.4, 0.5) is 0 Å². The van der Waals surface area contributed by atoms with Crippen molar-refractivity contribution in [3.8, 4) is 0 Å². The molecule has 0 saturated heterocycles. The van der Waals surface area contributed by atoms with E-state index in [2.05, 4.69) is 15.9 Å². The highest BCUT2D eigenvalue weighted by Gasteiger charge is 2.26. The highest BCUT2D eigenvalue weighted by atomic mass is 79.9. The molecular formula is C15H12BrClO2. The monoisotopic (exact) mass is 338 g/mol. The first-order chi connectivity index (χ1) is 9.09. The minimum atomic E-state index is -1.14. The number of hydrogen-bond acceptors (Lipinski definition) is 2. The zero-order valence-corrected chi connectivity index (χ0v) is 12.3. The molecule has 0 aromatic heterocycles. The van der Waals surface area contributed by atoms with Crippen molar-refractivity contribution in [1.29, 1.82) is 0 Å². The molecule has 0 heterocycles. The summed E-state index contributed by atoms with van der Waals surface area (Å²) in [5, 5.41) is 10.8. The quantitative estimate of drug-likeness (QED) is 0.675. The smallest absolute Gasteiger partial charge is 0.192 e. The van der Waals surface area contributed by atoms with E-state index in [4.69, 9.17) is 11.6 Å². The SMILES string of the molecule is O=C(c1ccccc1)[C@@H](O)[C@H](Br)c1ccc(Cl)cc1. The normalized spacial score (nSPS) is 13.8. The summed E-state index contributed by atoms with van der Waals surface area (Å²) in [6.45, 7) is 0. The summed E-state index contributed by atoms with van der Waals surface area (Å²) in [6.07, 6.45) is -1.14. The second kappa shape index (κ2) is 6.33. The lowest BCUT2D eigenvalue weighted by atomic mass is 10.00. The Labute approximate surface area is 125 Å². The van der Waals surface area contributed by atoms with E-state index in [0.717, 1.165) is 5.56 Å². The molecule has 0 aliphatic carbocycles. The van der Waals surface area contributed by atoms with Crippen LogP contribution < -0.4 is 0 Å². The van der Waals surface area contributed by atoms with Crippen molar-refractivity contribution in [1.82, 2.24) is 0 Å². The lowest BCUT2D eigenvalue weighted by Crippen LogP contribution is -2.25. The van der Waals surface area contributed by atoms with Gasteiger partial charge in [0, 0.05) is 10.6 Å². The van der Waals surface area contributed by atoms with Crippen LogP contribution in [-0.2, 0) is 0 Å². The van der Waals surface area contributed by atoms with Crippen LogP contribution in [0.1, 0.15) is 20.7 Å². The van der Waals surface area contributed by atoms with Gasteiger partial charge in [-0.05, 0) is 17.7 Å². The van der Waals surface area contributed by atoms with Crippen LogP contribution in [0.2, 0.25) is 5.02 Å². The molecule has 2 rings (SSSR count). The standard InChI is InChI=1S/C15H12BrClO2/c16-13(10-6-8-12(17)9-7-10)15(19)14(18)11-4-2-1-3-5-11/h1-9,13,15,19H/t13-,15+/m1/s1. The summed E-state index contributed by atoms with van der Waals surface area (Å²) in [5.41, 5.74) is 1.30. The fraction of sp³-hybridized carbons (Fsp3) is 0.133. The Morgan fingerprint density at radius 2 is 1.63 bits per heavy atom. The van der Waals surface area contributed by atoms with Gasteiger partial charge in [-0.2, -0.15) is 0 Å². The lowest BCUT2D eigenvalue weighted by molar-refractivity contribution is 0.0746. The number of halogens is 2. The molecule has 2 aromatic carbocycles. The van der Waals surface area contributed by atoms with E-state index in [0.29, 0.717) is 10.6 Å². The molecule has 2 nitrogen and oxygen atoms in total. The van der Waals surface area contributed by atoms with Gasteiger partial charge in [0.2, 0.25) is 0 Å². The van der Waals surface area contributed by atoms with Gasteiger partial charge >= 0.3 is 0 Å². The molecule has 19 heavy (non-hydrogen) atoms. The summed E-state index contributed by atoms with van der Waals surface area (Å²) in [6, 6.07) is 15.8. The predicted molar refractivity (Wildman–Crippen MR) is 79.9 cm³/mol. The number of ketones is 1. The fourth-order valence-electron chi connectivity index (χ4n) is 1.74. The van der Waals surface area contributed by atoms with E-state index in [9.17, 15) is 9.90 Å². The van der Waals surface area contributed by atoms with Gasteiger partial charge in [-0.25, -0.2) is 0 Å². The minimum absolute atomic E-state index is 0.308. The van der Waals surface area contributed by atoms with Crippen molar-refractivity contribution in [2.45, 2.75) is 10.9 Å². The molecule has 0 aliphatic rings. The van der Waals surface area contributed by atoms with E-state index < -0.39 is 10.9 Å². The summed E-state index contributed by atoms with van der Waals surface area (Å²) in [5.74, 6) is -0.308. The first-order valence-corrected chi connectivity index (χ1v) is 7.06. The summed E-state index contributed by atoms with van der Waals surface area (Å²) < 4.78 is 0. The maximum Gasteiger partial charge on any atom is 0.192 e. The van der Waals surface area contributed by atoms with Crippen molar-refractivity contribution < 1.29 is 9.90 Å². The largest absolute Gasteiger partial charge is 0.383 e. The van der Waals surface area contributed by atoms with Gasteiger partial charge in [-0.1, -0.05) is 70.0 Å². The van der Waals surface area contributed by atoms with E-state index in [-0.39, 0.29) is 5.78 Å². The van der Waals surface area contributed by atoms with E-state index in [1.807, 2.05) is 6.07 Å². The maximum absolute atomic E-state index is 12.1. The number of benzene rings is 2. The number of aliphatic hydroxyl groups excluding tert-OH is 1. The summed E-state index contributed by atoms with van der Waals surface area (Å²) in [4.78, 5) is 11.7. The van der Waals surface area contributed by atoms with Crippen LogP contribution in [-0.4, -0.2) is 17.0 Å². The molecule has 2 atom stereocenters. The Bertz CT molecular complexity index is 554. The van der Waals surface area contributed by atoms with Gasteiger partial charge in [0.1, 0.15) is 6.10 Å². The second-order valence-corrected chi connectivity index (χ2v) is 5.55. The van der Waals surface area contributed by atoms with Crippen LogP contribution in [0.3, 0.4) is 0 Å². The van der Waals surface area contributed by atoms with E-state index in [1.54, 1.807) is 48.5 Å². The van der Waals surface area contributed by atoms with Gasteiger partial charge in [-0.15, -0.1) is 0 Å². The first kappa shape index (κ1) is 14.3. The molecule has 4 heteroatoms. The topological polar surface area (TPSA) is 37.3 Å². The lowest BCUT2D eigenvalue weighted by Gasteiger charge is -2.16. The zero-order valence-electron chi connectivity index (χ0n) is 9.96. The molecule has 1 N–H and O–H groups in total. The van der Waals surface area contributed by atoms with Crippen molar-refractivity contribution in [2.24, 2.45) is 0 Å². The third-order valence-electron chi connectivity index (χ3n) is 2.79. The van der Waals surface area contributed by atoms with Crippen LogP contribution >= 0.6 is 27.5 Å². The molecule has 2 aromatic rings. The maximum atomic E-state index is 12.1. The van der Waals surface area contributed by atoms with Crippen LogP contribution in [0.25, 0.3) is 0 Å². The number of Topliss-reactive ketones (excluding diaryl/α,β-unsaturated/α-hetero) is 1. The molecule has 0 amide bonds. The summed E-state index contributed by atoms with van der Waals surface area (Å²) >= 11 is 9.17. The molecule has 0 fully saturated rings. The van der Waals surface area contributed by atoms with Crippen LogP contribution in [0.15, 0.2) is 54.6 Å². The molecular weight excluding hydrogens is 328 g/mol. The molecule has 0 unspecified atom stereocenters. The molecule has 0 radical (unpaired) electrons. The Morgan fingerprint density at radius 1 is 1.05 bits per heavy atom. The Morgan fingerprint density at radius 3 is 2.21 bits per heavy atom. The highest BCUT2D eigenvalue weighted by Crippen LogP contribution is 2.29. The van der Waals surface area contributed by atoms with Crippen molar-refractivity contribution in [3.05, 3.63) is 70.7 Å². The average molecular weight is 340 g/mol. The number of rotatable bonds is 4. The number of hydrogen-bond donors (Lipinski definition) is 1. The zero-order chi connectivity index (χ0) is 13.8. The van der Waals surface area contributed by atoms with Gasteiger partial charge < -0.3 is 5.11 Å². The summed E-state index contributed by atoms with van der Waals surface area (Å²) in [7, 11) is 0. The number of aliphatic hydroxyl groups is 1. The fourth-order valence-corrected chi connectivity index (χ4v) is 2.41. The van der Waals surface area contributed by atoms with Gasteiger partial charge in [0.15, 0.2) is 5.78 Å². The van der Waals surface area contributed by atoms with Gasteiger partial charge in [0.25, 0.3) is 0 Å². The average Bonchev–Trinajstić information content (AvgIpc) is 2.46. The molecule has 0 bridgehead atoms. The van der Waals surface area contributed by atoms with E-state index in [1.165, 1.54) is 0 Å². The van der Waals surface area contributed by atoms with Crippen molar-refractivity contribution in [3.63, 3.8) is 0 Å². The highest BCUT2D eigenvalue weighted by molar-refractivity contribution is 9.09. The Hall–Kier alpha value is -1.16. The Balaban J connectivity index is 2.17. The second-order valence-electron chi connectivity index (χ2n) is 4.13. The number of carbonyl (C=O) groups is 1. The number of alkyl halides is 1. The third kappa shape index (κ3) is 3.44. The van der Waals surface area contributed by atoms with Crippen LogP contribution in [0, 0.1) is 0 Å². The Kier molecular flexibility index (Phi) is 4.75. The third-order valence-corrected chi connectivity index (χ3v) is 4.07. The number of carbonyl (C=O) groups excluding carboxylic acids is 1. The van der Waals surface area contributed by atoms with E-state index >= 15 is 0 Å². The molecule has 0 spiro atoms. The van der Waals surface area contributed by atoms with Gasteiger partial charge in [0.05, 0.1) is 4.83 Å². The van der Waals surface area contributed by atoms with Crippen LogP contribution in [0.5, 0.6) is 0 Å².